The first kappa shape index (κ1) is 9.34. The van der Waals surface area contributed by atoms with Gasteiger partial charge in [0, 0.05) is 5.71 Å². The van der Waals surface area contributed by atoms with Crippen LogP contribution in [0.15, 0.2) is 0 Å². The third kappa shape index (κ3) is 4.24. The van der Waals surface area contributed by atoms with E-state index in [0.29, 0.717) is 17.8 Å². The Labute approximate surface area is 62.7 Å². The van der Waals surface area contributed by atoms with Crippen molar-refractivity contribution in [3.8, 4) is 0 Å². The molecule has 2 N–H and O–H groups in total. The molecule has 0 aromatic carbocycles. The zero-order valence-corrected chi connectivity index (χ0v) is 7.21. The predicted octanol–water partition coefficient (Wildman–Crippen LogP) is 2.48. The van der Waals surface area contributed by atoms with Gasteiger partial charge in [-0.25, -0.2) is 0 Å². The molecule has 0 aliphatic heterocycles. The van der Waals surface area contributed by atoms with Crippen molar-refractivity contribution in [1.29, 1.82) is 10.8 Å². The molecule has 58 valence electrons. The molecule has 0 aliphatic rings. The number of hydrogen-bond acceptors (Lipinski definition) is 2. The summed E-state index contributed by atoms with van der Waals surface area (Å²) in [5, 5.41) is 14.5. The minimum absolute atomic E-state index is 0.138. The van der Waals surface area contributed by atoms with Crippen LogP contribution in [0.5, 0.6) is 0 Å². The summed E-state index contributed by atoms with van der Waals surface area (Å²) in [4.78, 5) is 0. The Hall–Kier alpha value is -0.660. The van der Waals surface area contributed by atoms with E-state index in [2.05, 4.69) is 20.8 Å². The molecule has 0 saturated carbocycles. The molecule has 0 aromatic rings. The van der Waals surface area contributed by atoms with Crippen molar-refractivity contribution in [3.05, 3.63) is 0 Å². The van der Waals surface area contributed by atoms with Crippen molar-refractivity contribution >= 4 is 11.4 Å². The molecule has 0 heterocycles. The van der Waals surface area contributed by atoms with Crippen LogP contribution in [0.4, 0.5) is 0 Å². The van der Waals surface area contributed by atoms with Crippen LogP contribution >= 0.6 is 0 Å². The maximum Gasteiger partial charge on any atom is 0.0523 e. The highest BCUT2D eigenvalue weighted by atomic mass is 14.5. The normalized spacial score (nSPS) is 11.2. The standard InChI is InChI=1S/C8H16N2/c1-6(9)7(10)5-8(2,3)4/h9-10H,5H2,1-4H3. The van der Waals surface area contributed by atoms with Gasteiger partial charge < -0.3 is 10.8 Å². The maximum absolute atomic E-state index is 7.37. The lowest BCUT2D eigenvalue weighted by atomic mass is 9.88. The van der Waals surface area contributed by atoms with E-state index in [-0.39, 0.29) is 5.41 Å². The molecule has 0 radical (unpaired) electrons. The van der Waals surface area contributed by atoms with E-state index >= 15 is 0 Å². The predicted molar refractivity (Wildman–Crippen MR) is 45.2 cm³/mol. The number of nitrogens with one attached hydrogen (secondary N) is 2. The highest BCUT2D eigenvalue weighted by molar-refractivity contribution is 6.39. The van der Waals surface area contributed by atoms with Gasteiger partial charge in [-0.3, -0.25) is 0 Å². The fourth-order valence-electron chi connectivity index (χ4n) is 0.663. The second kappa shape index (κ2) is 2.95. The zero-order valence-electron chi connectivity index (χ0n) is 7.21. The van der Waals surface area contributed by atoms with Crippen molar-refractivity contribution in [2.45, 2.75) is 34.1 Å². The molecule has 2 heteroatoms. The fourth-order valence-corrected chi connectivity index (χ4v) is 0.663. The van der Waals surface area contributed by atoms with E-state index in [9.17, 15) is 0 Å². The summed E-state index contributed by atoms with van der Waals surface area (Å²) in [5.74, 6) is 0. The van der Waals surface area contributed by atoms with Crippen LogP contribution in [0.3, 0.4) is 0 Å². The Morgan fingerprint density at radius 1 is 1.20 bits per heavy atom. The minimum Gasteiger partial charge on any atom is -0.304 e. The summed E-state index contributed by atoms with van der Waals surface area (Å²) in [6, 6.07) is 0. The molecule has 0 rings (SSSR count). The van der Waals surface area contributed by atoms with E-state index in [0.717, 1.165) is 0 Å². The van der Waals surface area contributed by atoms with Crippen LogP contribution < -0.4 is 0 Å². The molecule has 0 bridgehead atoms. The van der Waals surface area contributed by atoms with Crippen LogP contribution in [0.1, 0.15) is 34.1 Å². The summed E-state index contributed by atoms with van der Waals surface area (Å²) in [6.07, 6.45) is 0.697. The van der Waals surface area contributed by atoms with Crippen LogP contribution in [-0.2, 0) is 0 Å². The third-order valence-electron chi connectivity index (χ3n) is 1.16. The van der Waals surface area contributed by atoms with Crippen LogP contribution in [-0.4, -0.2) is 11.4 Å². The zero-order chi connectivity index (χ0) is 8.36. The van der Waals surface area contributed by atoms with E-state index in [1.165, 1.54) is 0 Å². The quantitative estimate of drug-likeness (QED) is 0.554. The fraction of sp³-hybridized carbons (Fsp3) is 0.750. The third-order valence-corrected chi connectivity index (χ3v) is 1.16. The highest BCUT2D eigenvalue weighted by Crippen LogP contribution is 2.18. The van der Waals surface area contributed by atoms with E-state index < -0.39 is 0 Å². The topological polar surface area (TPSA) is 47.7 Å². The molecule has 2 nitrogen and oxygen atoms in total. The number of hydrogen-bond donors (Lipinski definition) is 2. The van der Waals surface area contributed by atoms with Gasteiger partial charge in [-0.2, -0.15) is 0 Å². The molecule has 0 amide bonds. The minimum atomic E-state index is 0.138. The summed E-state index contributed by atoms with van der Waals surface area (Å²) < 4.78 is 0. The van der Waals surface area contributed by atoms with Gasteiger partial charge in [0.05, 0.1) is 5.71 Å². The van der Waals surface area contributed by atoms with Gasteiger partial charge in [0.1, 0.15) is 0 Å². The van der Waals surface area contributed by atoms with Gasteiger partial charge in [0.25, 0.3) is 0 Å². The number of rotatable bonds is 2. The van der Waals surface area contributed by atoms with Gasteiger partial charge >= 0.3 is 0 Å². The van der Waals surface area contributed by atoms with Crippen molar-refractivity contribution < 1.29 is 0 Å². The van der Waals surface area contributed by atoms with Gasteiger partial charge in [-0.1, -0.05) is 20.8 Å². The molecular formula is C8H16N2. The lowest BCUT2D eigenvalue weighted by Gasteiger charge is -2.17. The Balaban J connectivity index is 3.93. The molecule has 0 fully saturated rings. The average Bonchev–Trinajstić information content (AvgIpc) is 1.60. The lowest BCUT2D eigenvalue weighted by molar-refractivity contribution is 0.434. The summed E-state index contributed by atoms with van der Waals surface area (Å²) in [6.45, 7) is 7.88. The van der Waals surface area contributed by atoms with E-state index in [1.54, 1.807) is 6.92 Å². The molecule has 0 aromatic heterocycles. The van der Waals surface area contributed by atoms with Gasteiger partial charge in [0.15, 0.2) is 0 Å². The molecule has 0 aliphatic carbocycles. The van der Waals surface area contributed by atoms with Crippen LogP contribution in [0, 0.1) is 16.2 Å². The first-order valence-electron chi connectivity index (χ1n) is 3.46. The van der Waals surface area contributed by atoms with Crippen LogP contribution in [0.2, 0.25) is 0 Å². The summed E-state index contributed by atoms with van der Waals surface area (Å²) in [5.41, 5.74) is 0.974. The molecule has 0 saturated heterocycles. The van der Waals surface area contributed by atoms with E-state index in [1.807, 2.05) is 0 Å². The second-order valence-electron chi connectivity index (χ2n) is 3.84. The molecule has 0 atom stereocenters. The summed E-state index contributed by atoms with van der Waals surface area (Å²) in [7, 11) is 0. The van der Waals surface area contributed by atoms with Crippen LogP contribution in [0.25, 0.3) is 0 Å². The first-order chi connectivity index (χ1) is 4.33. The molecule has 0 unspecified atom stereocenters. The molecule has 10 heavy (non-hydrogen) atoms. The van der Waals surface area contributed by atoms with Gasteiger partial charge in [0.2, 0.25) is 0 Å². The van der Waals surface area contributed by atoms with Gasteiger partial charge in [-0.05, 0) is 18.8 Å². The van der Waals surface area contributed by atoms with Gasteiger partial charge in [-0.15, -0.1) is 0 Å². The first-order valence-corrected chi connectivity index (χ1v) is 3.46. The Morgan fingerprint density at radius 3 is 1.70 bits per heavy atom. The highest BCUT2D eigenvalue weighted by Gasteiger charge is 2.13. The van der Waals surface area contributed by atoms with Crippen molar-refractivity contribution in [2.24, 2.45) is 5.41 Å². The van der Waals surface area contributed by atoms with Crippen molar-refractivity contribution in [2.75, 3.05) is 0 Å². The Bertz CT molecular complexity index is 151. The Kier molecular flexibility index (Phi) is 2.76. The maximum atomic E-state index is 7.37. The second-order valence-corrected chi connectivity index (χ2v) is 3.84. The summed E-state index contributed by atoms with van der Waals surface area (Å²) >= 11 is 0. The smallest absolute Gasteiger partial charge is 0.0523 e. The van der Waals surface area contributed by atoms with E-state index in [4.69, 9.17) is 10.8 Å². The van der Waals surface area contributed by atoms with Crippen molar-refractivity contribution in [3.63, 3.8) is 0 Å². The molecular weight excluding hydrogens is 124 g/mol. The monoisotopic (exact) mass is 140 g/mol. The van der Waals surface area contributed by atoms with Crippen molar-refractivity contribution in [1.82, 2.24) is 0 Å². The average molecular weight is 140 g/mol. The SMILES string of the molecule is CC(=N)C(=N)CC(C)(C)C. The lowest BCUT2D eigenvalue weighted by Crippen LogP contribution is -2.17. The molecule has 0 spiro atoms. The Morgan fingerprint density at radius 2 is 1.60 bits per heavy atom. The largest absolute Gasteiger partial charge is 0.304 e.